The molecule has 0 bridgehead atoms. The molecule has 0 aliphatic heterocycles. The lowest BCUT2D eigenvalue weighted by Crippen LogP contribution is -2.37. The van der Waals surface area contributed by atoms with Crippen LogP contribution in [-0.4, -0.2) is 17.6 Å². The van der Waals surface area contributed by atoms with Gasteiger partial charge in [0.25, 0.3) is 0 Å². The maximum absolute atomic E-state index is 9.71. The number of phenolic OH excluding ortho intramolecular Hbond substituents is 1. The van der Waals surface area contributed by atoms with Gasteiger partial charge in [-0.25, -0.2) is 4.99 Å². The van der Waals surface area contributed by atoms with E-state index in [0.717, 1.165) is 29.2 Å². The Kier molecular flexibility index (Phi) is 6.58. The zero-order valence-electron chi connectivity index (χ0n) is 12.1. The van der Waals surface area contributed by atoms with Crippen LogP contribution in [0.25, 0.3) is 0 Å². The van der Waals surface area contributed by atoms with Crippen molar-refractivity contribution in [1.82, 2.24) is 5.32 Å². The lowest BCUT2D eigenvalue weighted by atomic mass is 9.85. The lowest BCUT2D eigenvalue weighted by Gasteiger charge is -2.25. The molecule has 1 aromatic rings. The van der Waals surface area contributed by atoms with Gasteiger partial charge in [-0.2, -0.15) is 0 Å². The van der Waals surface area contributed by atoms with E-state index >= 15 is 0 Å². The summed E-state index contributed by atoms with van der Waals surface area (Å²) in [6.07, 6.45) is 3.95. The molecule has 0 atom stereocenters. The number of hydrogen-bond donors (Lipinski definition) is 3. The molecule has 2 rings (SSSR count). The van der Waals surface area contributed by atoms with Crippen LogP contribution in [0.3, 0.4) is 0 Å². The summed E-state index contributed by atoms with van der Waals surface area (Å²) >= 11 is 0. The first-order valence-corrected chi connectivity index (χ1v) is 6.89. The van der Waals surface area contributed by atoms with Crippen molar-refractivity contribution < 1.29 is 5.11 Å². The standard InChI is InChI=1S/C15H23N3O.HI/c1-10-6-13(7-11(2)14(10)19)9-18-15(16)17-8-12-4-3-5-12;/h6-7,12,19H,3-5,8-9H2,1-2H3,(H3,16,17,18);1H. The van der Waals surface area contributed by atoms with Gasteiger partial charge in [-0.15, -0.1) is 24.0 Å². The average Bonchev–Trinajstić information content (AvgIpc) is 2.31. The number of aryl methyl sites for hydroxylation is 2. The van der Waals surface area contributed by atoms with Crippen LogP contribution in [0.15, 0.2) is 17.1 Å². The number of aromatic hydroxyl groups is 1. The first-order valence-electron chi connectivity index (χ1n) is 6.89. The molecule has 4 N–H and O–H groups in total. The summed E-state index contributed by atoms with van der Waals surface area (Å²) in [5.74, 6) is 1.64. The zero-order chi connectivity index (χ0) is 13.8. The summed E-state index contributed by atoms with van der Waals surface area (Å²) in [5.41, 5.74) is 8.68. The van der Waals surface area contributed by atoms with Gasteiger partial charge < -0.3 is 16.2 Å². The highest BCUT2D eigenvalue weighted by Crippen LogP contribution is 2.25. The molecule has 1 aliphatic carbocycles. The third kappa shape index (κ3) is 4.54. The second-order valence-corrected chi connectivity index (χ2v) is 5.46. The smallest absolute Gasteiger partial charge is 0.188 e. The molecule has 1 fully saturated rings. The van der Waals surface area contributed by atoms with E-state index in [-0.39, 0.29) is 24.0 Å². The summed E-state index contributed by atoms with van der Waals surface area (Å²) in [7, 11) is 0. The number of guanidine groups is 1. The molecule has 1 aliphatic rings. The van der Waals surface area contributed by atoms with Gasteiger partial charge in [-0.05, 0) is 49.3 Å². The van der Waals surface area contributed by atoms with Crippen LogP contribution in [0.5, 0.6) is 5.75 Å². The highest BCUT2D eigenvalue weighted by molar-refractivity contribution is 14.0. The molecular weight excluding hydrogens is 365 g/mol. The molecule has 4 nitrogen and oxygen atoms in total. The minimum absolute atomic E-state index is 0. The van der Waals surface area contributed by atoms with Crippen LogP contribution < -0.4 is 11.1 Å². The molecule has 1 aromatic carbocycles. The van der Waals surface area contributed by atoms with Gasteiger partial charge in [0.05, 0.1) is 6.54 Å². The Morgan fingerprint density at radius 1 is 1.35 bits per heavy atom. The quantitative estimate of drug-likeness (QED) is 0.421. The molecule has 0 spiro atoms. The van der Waals surface area contributed by atoms with E-state index in [2.05, 4.69) is 10.3 Å². The van der Waals surface area contributed by atoms with Crippen molar-refractivity contribution in [3.8, 4) is 5.75 Å². The number of nitrogens with zero attached hydrogens (tertiary/aromatic N) is 1. The summed E-state index contributed by atoms with van der Waals surface area (Å²) in [5, 5.41) is 12.9. The van der Waals surface area contributed by atoms with E-state index in [4.69, 9.17) is 5.73 Å². The topological polar surface area (TPSA) is 70.6 Å². The van der Waals surface area contributed by atoms with Crippen molar-refractivity contribution in [2.24, 2.45) is 16.6 Å². The van der Waals surface area contributed by atoms with Gasteiger partial charge in [0.1, 0.15) is 5.75 Å². The predicted octanol–water partition coefficient (Wildman–Crippen LogP) is 2.83. The molecule has 0 amide bonds. The molecule has 0 aromatic heterocycles. The van der Waals surface area contributed by atoms with Gasteiger partial charge in [0.15, 0.2) is 5.96 Å². The third-order valence-electron chi connectivity index (χ3n) is 3.78. The highest BCUT2D eigenvalue weighted by Gasteiger charge is 2.16. The third-order valence-corrected chi connectivity index (χ3v) is 3.78. The molecular formula is C15H24IN3O. The van der Waals surface area contributed by atoms with Crippen molar-refractivity contribution in [2.75, 3.05) is 6.54 Å². The molecule has 5 heteroatoms. The van der Waals surface area contributed by atoms with Crippen molar-refractivity contribution in [3.63, 3.8) is 0 Å². The Morgan fingerprint density at radius 2 is 1.95 bits per heavy atom. The van der Waals surface area contributed by atoms with Crippen LogP contribution >= 0.6 is 24.0 Å². The summed E-state index contributed by atoms with van der Waals surface area (Å²) < 4.78 is 0. The van der Waals surface area contributed by atoms with Crippen LogP contribution in [0.2, 0.25) is 0 Å². The first kappa shape index (κ1) is 17.1. The van der Waals surface area contributed by atoms with Gasteiger partial charge >= 0.3 is 0 Å². The summed E-state index contributed by atoms with van der Waals surface area (Å²) in [6, 6.07) is 3.90. The molecule has 0 radical (unpaired) electrons. The predicted molar refractivity (Wildman–Crippen MR) is 93.7 cm³/mol. The van der Waals surface area contributed by atoms with E-state index in [1.54, 1.807) is 0 Å². The Morgan fingerprint density at radius 3 is 2.45 bits per heavy atom. The van der Waals surface area contributed by atoms with E-state index in [0.29, 0.717) is 18.3 Å². The number of nitrogens with one attached hydrogen (secondary N) is 1. The number of phenols is 1. The number of nitrogens with two attached hydrogens (primary N) is 1. The largest absolute Gasteiger partial charge is 0.507 e. The highest BCUT2D eigenvalue weighted by atomic mass is 127. The van der Waals surface area contributed by atoms with Crippen molar-refractivity contribution in [3.05, 3.63) is 28.8 Å². The molecule has 1 saturated carbocycles. The van der Waals surface area contributed by atoms with E-state index < -0.39 is 0 Å². The second-order valence-electron chi connectivity index (χ2n) is 5.46. The summed E-state index contributed by atoms with van der Waals surface area (Å²) in [4.78, 5) is 4.34. The lowest BCUT2D eigenvalue weighted by molar-refractivity contribution is 0.315. The van der Waals surface area contributed by atoms with E-state index in [9.17, 15) is 5.11 Å². The molecule has 0 saturated heterocycles. The number of aliphatic imine (C=N–C) groups is 1. The fourth-order valence-corrected chi connectivity index (χ4v) is 2.32. The zero-order valence-corrected chi connectivity index (χ0v) is 14.5. The van der Waals surface area contributed by atoms with Gasteiger partial charge in [-0.1, -0.05) is 18.6 Å². The number of halogens is 1. The van der Waals surface area contributed by atoms with Gasteiger partial charge in [-0.3, -0.25) is 0 Å². The summed E-state index contributed by atoms with van der Waals surface area (Å²) in [6.45, 7) is 5.27. The van der Waals surface area contributed by atoms with Crippen LogP contribution in [0.1, 0.15) is 36.0 Å². The van der Waals surface area contributed by atoms with Crippen LogP contribution in [0, 0.1) is 19.8 Å². The minimum atomic E-state index is 0. The van der Waals surface area contributed by atoms with Gasteiger partial charge in [0.2, 0.25) is 0 Å². The maximum Gasteiger partial charge on any atom is 0.188 e. The monoisotopic (exact) mass is 389 g/mol. The van der Waals surface area contributed by atoms with Crippen LogP contribution in [0.4, 0.5) is 0 Å². The molecule has 0 heterocycles. The fraction of sp³-hybridized carbons (Fsp3) is 0.533. The van der Waals surface area contributed by atoms with Gasteiger partial charge in [0, 0.05) is 6.54 Å². The van der Waals surface area contributed by atoms with E-state index in [1.807, 2.05) is 26.0 Å². The van der Waals surface area contributed by atoms with Crippen molar-refractivity contribution in [2.45, 2.75) is 39.7 Å². The number of rotatable bonds is 4. The maximum atomic E-state index is 9.71. The molecule has 0 unspecified atom stereocenters. The van der Waals surface area contributed by atoms with Crippen LogP contribution in [-0.2, 0) is 6.54 Å². The number of hydrogen-bond acceptors (Lipinski definition) is 2. The molecule has 20 heavy (non-hydrogen) atoms. The number of benzene rings is 1. The fourth-order valence-electron chi connectivity index (χ4n) is 2.32. The Bertz CT molecular complexity index is 461. The Hall–Kier alpha value is -0.980. The van der Waals surface area contributed by atoms with Crippen molar-refractivity contribution >= 4 is 29.9 Å². The van der Waals surface area contributed by atoms with Crippen molar-refractivity contribution in [1.29, 1.82) is 0 Å². The second kappa shape index (κ2) is 7.71. The minimum Gasteiger partial charge on any atom is -0.507 e. The Balaban J connectivity index is 0.00000200. The molecule has 112 valence electrons. The Labute approximate surface area is 137 Å². The SMILES string of the molecule is Cc1cc(CN=C(N)NCC2CCC2)cc(C)c1O.I. The van der Waals surface area contributed by atoms with E-state index in [1.165, 1.54) is 19.3 Å². The normalized spacial score (nSPS) is 15.4. The first-order chi connectivity index (χ1) is 9.06. The average molecular weight is 389 g/mol.